The monoisotopic (exact) mass is 407 g/mol. The smallest absolute Gasteiger partial charge is 0.237 e. The largest absolute Gasteiger partial charge is 0.493 e. The molecule has 0 atom stereocenters. The molecule has 0 N–H and O–H groups in total. The van der Waals surface area contributed by atoms with Gasteiger partial charge in [-0.1, -0.05) is 30.0 Å². The van der Waals surface area contributed by atoms with E-state index in [4.69, 9.17) is 9.47 Å². The van der Waals surface area contributed by atoms with Crippen molar-refractivity contribution in [1.29, 1.82) is 0 Å². The predicted octanol–water partition coefficient (Wildman–Crippen LogP) is 3.84. The van der Waals surface area contributed by atoms with E-state index in [0.717, 1.165) is 34.9 Å². The number of rotatable bonds is 6. The Kier molecular flexibility index (Phi) is 5.67. The van der Waals surface area contributed by atoms with Gasteiger partial charge in [0, 0.05) is 17.8 Å². The zero-order chi connectivity index (χ0) is 20.2. The molecule has 1 amide bonds. The third-order valence-electron chi connectivity index (χ3n) is 4.85. The molecule has 0 spiro atoms. The van der Waals surface area contributed by atoms with Crippen molar-refractivity contribution in [2.45, 2.75) is 11.4 Å². The summed E-state index contributed by atoms with van der Waals surface area (Å²) in [5.41, 5.74) is 3.87. The van der Waals surface area contributed by atoms with Gasteiger partial charge in [-0.2, -0.15) is 0 Å². The molecule has 0 bridgehead atoms. The number of ether oxygens (including phenoxy) is 2. The van der Waals surface area contributed by atoms with Gasteiger partial charge in [-0.25, -0.2) is 0 Å². The van der Waals surface area contributed by atoms with Crippen molar-refractivity contribution in [3.63, 3.8) is 0 Å². The summed E-state index contributed by atoms with van der Waals surface area (Å²) in [6.07, 6.45) is 0.909. The number of thioether (sulfide) groups is 1. The Labute approximate surface area is 173 Å². The molecule has 0 saturated carbocycles. The van der Waals surface area contributed by atoms with Gasteiger partial charge in [-0.15, -0.1) is 10.2 Å². The van der Waals surface area contributed by atoms with Gasteiger partial charge in [0.1, 0.15) is 5.03 Å². The number of benzene rings is 2. The predicted molar refractivity (Wildman–Crippen MR) is 114 cm³/mol. The lowest BCUT2D eigenvalue weighted by Crippen LogP contribution is -2.30. The van der Waals surface area contributed by atoms with E-state index in [1.54, 1.807) is 14.2 Å². The highest BCUT2D eigenvalue weighted by molar-refractivity contribution is 7.99. The van der Waals surface area contributed by atoms with Gasteiger partial charge in [0.05, 0.1) is 25.7 Å². The molecule has 7 heteroatoms. The molecule has 1 aromatic heterocycles. The van der Waals surface area contributed by atoms with Crippen LogP contribution in [0.25, 0.3) is 11.3 Å². The second-order valence-corrected chi connectivity index (χ2v) is 7.53. The van der Waals surface area contributed by atoms with Crippen LogP contribution in [0.15, 0.2) is 59.6 Å². The minimum atomic E-state index is 0.0886. The molecule has 4 rings (SSSR count). The van der Waals surface area contributed by atoms with E-state index in [9.17, 15) is 4.79 Å². The molecular formula is C22H21N3O3S. The van der Waals surface area contributed by atoms with Crippen molar-refractivity contribution in [3.8, 4) is 22.8 Å². The number of carbonyl (C=O) groups is 1. The minimum Gasteiger partial charge on any atom is -0.493 e. The van der Waals surface area contributed by atoms with Crippen molar-refractivity contribution in [2.24, 2.45) is 0 Å². The van der Waals surface area contributed by atoms with Crippen LogP contribution in [0.4, 0.5) is 5.69 Å². The number of amides is 1. The molecule has 0 fully saturated rings. The zero-order valence-corrected chi connectivity index (χ0v) is 17.1. The highest BCUT2D eigenvalue weighted by atomic mass is 32.2. The van der Waals surface area contributed by atoms with Crippen molar-refractivity contribution >= 4 is 23.4 Å². The van der Waals surface area contributed by atoms with Crippen molar-refractivity contribution in [1.82, 2.24) is 10.2 Å². The van der Waals surface area contributed by atoms with E-state index in [0.29, 0.717) is 17.3 Å². The fraction of sp³-hybridized carbons (Fsp3) is 0.227. The number of fused-ring (bicyclic) bond motifs is 1. The molecule has 0 aliphatic carbocycles. The first-order valence-corrected chi connectivity index (χ1v) is 10.3. The van der Waals surface area contributed by atoms with E-state index in [2.05, 4.69) is 16.3 Å². The average Bonchev–Trinajstić information content (AvgIpc) is 3.21. The number of nitrogens with zero attached hydrogens (tertiary/aromatic N) is 3. The number of aromatic nitrogens is 2. The van der Waals surface area contributed by atoms with E-state index < -0.39 is 0 Å². The summed E-state index contributed by atoms with van der Waals surface area (Å²) in [5.74, 6) is 1.73. The van der Waals surface area contributed by atoms with Gasteiger partial charge < -0.3 is 14.4 Å². The van der Waals surface area contributed by atoms with Gasteiger partial charge in [0.2, 0.25) is 5.91 Å². The summed E-state index contributed by atoms with van der Waals surface area (Å²) in [6.45, 7) is 0.739. The SMILES string of the molecule is COc1ccc(-c2ccc(SCC(=O)N3CCc4ccccc43)nn2)cc1OC. The standard InChI is InChI=1S/C22H21N3O3S/c1-27-19-9-7-16(13-20(19)28-2)17-8-10-21(24-23-17)29-14-22(26)25-12-11-15-5-3-4-6-18(15)25/h3-10,13H,11-12,14H2,1-2H3. The lowest BCUT2D eigenvalue weighted by molar-refractivity contribution is -0.116. The van der Waals surface area contributed by atoms with Crippen molar-refractivity contribution < 1.29 is 14.3 Å². The zero-order valence-electron chi connectivity index (χ0n) is 16.3. The number of hydrogen-bond acceptors (Lipinski definition) is 6. The van der Waals surface area contributed by atoms with Gasteiger partial charge >= 0.3 is 0 Å². The topological polar surface area (TPSA) is 64.5 Å². The van der Waals surface area contributed by atoms with E-state index in [1.165, 1.54) is 17.3 Å². The number of anilines is 1. The highest BCUT2D eigenvalue weighted by Gasteiger charge is 2.24. The normalized spacial score (nSPS) is 12.6. The molecule has 0 radical (unpaired) electrons. The van der Waals surface area contributed by atoms with Crippen LogP contribution in [0.3, 0.4) is 0 Å². The van der Waals surface area contributed by atoms with E-state index in [-0.39, 0.29) is 5.91 Å². The third-order valence-corrected chi connectivity index (χ3v) is 5.76. The Hall–Kier alpha value is -3.06. The molecule has 1 aliphatic heterocycles. The van der Waals surface area contributed by atoms with Crippen LogP contribution < -0.4 is 14.4 Å². The molecule has 2 aromatic carbocycles. The quantitative estimate of drug-likeness (QED) is 0.579. The number of para-hydroxylation sites is 1. The maximum Gasteiger partial charge on any atom is 0.237 e. The maximum absolute atomic E-state index is 12.6. The summed E-state index contributed by atoms with van der Waals surface area (Å²) in [5, 5.41) is 9.28. The molecule has 1 aliphatic rings. The first-order chi connectivity index (χ1) is 14.2. The summed E-state index contributed by atoms with van der Waals surface area (Å²) in [6, 6.07) is 17.5. The number of methoxy groups -OCH3 is 2. The highest BCUT2D eigenvalue weighted by Crippen LogP contribution is 2.32. The first kappa shape index (κ1) is 19.3. The van der Waals surface area contributed by atoms with Crippen molar-refractivity contribution in [2.75, 3.05) is 31.4 Å². The summed E-state index contributed by atoms with van der Waals surface area (Å²) >= 11 is 1.40. The first-order valence-electron chi connectivity index (χ1n) is 9.27. The Morgan fingerprint density at radius 3 is 2.62 bits per heavy atom. The molecule has 3 aromatic rings. The second kappa shape index (κ2) is 8.53. The molecule has 0 saturated heterocycles. The molecule has 2 heterocycles. The fourth-order valence-electron chi connectivity index (χ4n) is 3.36. The van der Waals surface area contributed by atoms with Crippen molar-refractivity contribution in [3.05, 3.63) is 60.2 Å². The third kappa shape index (κ3) is 4.05. The van der Waals surface area contributed by atoms with Gasteiger partial charge in [0.25, 0.3) is 0 Å². The maximum atomic E-state index is 12.6. The summed E-state index contributed by atoms with van der Waals surface area (Å²) in [4.78, 5) is 14.5. The molecular weight excluding hydrogens is 386 g/mol. The lowest BCUT2D eigenvalue weighted by Gasteiger charge is -2.16. The van der Waals surface area contributed by atoms with Gasteiger partial charge in [-0.05, 0) is 48.4 Å². The summed E-state index contributed by atoms with van der Waals surface area (Å²) in [7, 11) is 3.20. The minimum absolute atomic E-state index is 0.0886. The van der Waals surface area contributed by atoms with Gasteiger partial charge in [-0.3, -0.25) is 4.79 Å². The van der Waals surface area contributed by atoms with Gasteiger partial charge in [0.15, 0.2) is 11.5 Å². The Morgan fingerprint density at radius 1 is 1.03 bits per heavy atom. The van der Waals surface area contributed by atoms with Crippen LogP contribution in [-0.2, 0) is 11.2 Å². The Morgan fingerprint density at radius 2 is 1.86 bits per heavy atom. The lowest BCUT2D eigenvalue weighted by atomic mass is 10.1. The summed E-state index contributed by atoms with van der Waals surface area (Å²) < 4.78 is 10.6. The molecule has 6 nitrogen and oxygen atoms in total. The molecule has 29 heavy (non-hydrogen) atoms. The fourth-order valence-corrected chi connectivity index (χ4v) is 4.05. The van der Waals surface area contributed by atoms with E-state index in [1.807, 2.05) is 53.4 Å². The van der Waals surface area contributed by atoms with Crippen LogP contribution in [0.1, 0.15) is 5.56 Å². The van der Waals surface area contributed by atoms with Crippen LogP contribution in [0, 0.1) is 0 Å². The number of carbonyl (C=O) groups excluding carboxylic acids is 1. The Balaban J connectivity index is 1.41. The van der Waals surface area contributed by atoms with Crippen LogP contribution in [0.2, 0.25) is 0 Å². The average molecular weight is 407 g/mol. The Bertz CT molecular complexity index is 1020. The van der Waals surface area contributed by atoms with E-state index >= 15 is 0 Å². The number of hydrogen-bond donors (Lipinski definition) is 0. The molecule has 148 valence electrons. The van der Waals surface area contributed by atoms with Crippen LogP contribution in [-0.4, -0.2) is 42.6 Å². The molecule has 0 unspecified atom stereocenters. The second-order valence-electron chi connectivity index (χ2n) is 6.54. The van der Waals surface area contributed by atoms with Crippen LogP contribution in [0.5, 0.6) is 11.5 Å². The van der Waals surface area contributed by atoms with Crippen LogP contribution >= 0.6 is 11.8 Å².